The number of nitrogens with one attached hydrogen (secondary N) is 1. The van der Waals surface area contributed by atoms with Gasteiger partial charge in [0.15, 0.2) is 5.65 Å². The molecule has 3 aromatic rings. The largest absolute Gasteiger partial charge is 0.353 e. The summed E-state index contributed by atoms with van der Waals surface area (Å²) in [6, 6.07) is 8.92. The van der Waals surface area contributed by atoms with Crippen LogP contribution in [-0.4, -0.2) is 45.3 Å². The zero-order valence-electron chi connectivity index (χ0n) is 14.6. The molecule has 0 radical (unpaired) electrons. The number of aromatic nitrogens is 4. The summed E-state index contributed by atoms with van der Waals surface area (Å²) in [6.45, 7) is 7.34. The third-order valence-corrected chi connectivity index (χ3v) is 5.49. The van der Waals surface area contributed by atoms with Crippen LogP contribution in [0.2, 0.25) is 0 Å². The first-order valence-corrected chi connectivity index (χ1v) is 8.97. The zero-order valence-corrected chi connectivity index (χ0v) is 14.6. The second-order valence-electron chi connectivity index (χ2n) is 7.21. The third-order valence-electron chi connectivity index (χ3n) is 5.49. The van der Waals surface area contributed by atoms with Crippen molar-refractivity contribution in [2.24, 2.45) is 5.92 Å². The van der Waals surface area contributed by atoms with E-state index in [4.69, 9.17) is 10.1 Å². The third kappa shape index (κ3) is 2.40. The molecular weight excluding hydrogens is 312 g/mol. The number of anilines is 1. The van der Waals surface area contributed by atoms with Crippen LogP contribution in [-0.2, 0) is 0 Å². The number of fused-ring (bicyclic) bond motifs is 2. The predicted molar refractivity (Wildman–Crippen MR) is 97.8 cm³/mol. The lowest BCUT2D eigenvalue weighted by atomic mass is 10.1. The van der Waals surface area contributed by atoms with Gasteiger partial charge in [-0.25, -0.2) is 9.50 Å². The van der Waals surface area contributed by atoms with E-state index >= 15 is 0 Å². The minimum atomic E-state index is 0.615. The van der Waals surface area contributed by atoms with Crippen LogP contribution in [0.1, 0.15) is 17.8 Å². The lowest BCUT2D eigenvalue weighted by Gasteiger charge is -2.18. The Kier molecular flexibility index (Phi) is 3.28. The SMILES string of the molecule is Cc1cc(-c2c(C)nc3ccc(N4C[C@@H]5CCN[C@H]5C4)nn23)ccn1. The van der Waals surface area contributed by atoms with Crippen molar-refractivity contribution < 1.29 is 0 Å². The molecule has 0 amide bonds. The number of hydrogen-bond acceptors (Lipinski definition) is 5. The highest BCUT2D eigenvalue weighted by Crippen LogP contribution is 2.30. The quantitative estimate of drug-likeness (QED) is 0.779. The highest BCUT2D eigenvalue weighted by atomic mass is 15.4. The van der Waals surface area contributed by atoms with E-state index < -0.39 is 0 Å². The molecule has 0 bridgehead atoms. The molecule has 5 heterocycles. The van der Waals surface area contributed by atoms with Gasteiger partial charge in [0.1, 0.15) is 5.82 Å². The van der Waals surface area contributed by atoms with E-state index in [1.165, 1.54) is 6.42 Å². The molecule has 128 valence electrons. The molecule has 2 aliphatic heterocycles. The van der Waals surface area contributed by atoms with Gasteiger partial charge in [-0.15, -0.1) is 5.10 Å². The van der Waals surface area contributed by atoms with Gasteiger partial charge in [0.2, 0.25) is 0 Å². The first-order valence-electron chi connectivity index (χ1n) is 8.97. The minimum Gasteiger partial charge on any atom is -0.353 e. The molecule has 0 saturated carbocycles. The van der Waals surface area contributed by atoms with Crippen LogP contribution in [0, 0.1) is 19.8 Å². The molecule has 2 fully saturated rings. The Labute approximate surface area is 146 Å². The van der Waals surface area contributed by atoms with E-state index in [1.807, 2.05) is 30.6 Å². The van der Waals surface area contributed by atoms with Gasteiger partial charge in [-0.3, -0.25) is 4.98 Å². The van der Waals surface area contributed by atoms with E-state index in [-0.39, 0.29) is 0 Å². The van der Waals surface area contributed by atoms with Gasteiger partial charge < -0.3 is 10.2 Å². The van der Waals surface area contributed by atoms with Crippen LogP contribution < -0.4 is 10.2 Å². The van der Waals surface area contributed by atoms with Crippen molar-refractivity contribution in [2.75, 3.05) is 24.5 Å². The zero-order chi connectivity index (χ0) is 17.0. The Morgan fingerprint density at radius 3 is 2.92 bits per heavy atom. The number of pyridine rings is 1. The summed E-state index contributed by atoms with van der Waals surface area (Å²) in [7, 11) is 0. The maximum atomic E-state index is 4.94. The Morgan fingerprint density at radius 1 is 1.16 bits per heavy atom. The van der Waals surface area contributed by atoms with Crippen molar-refractivity contribution in [3.63, 3.8) is 0 Å². The Balaban J connectivity index is 1.58. The summed E-state index contributed by atoms with van der Waals surface area (Å²) in [6.07, 6.45) is 3.12. The molecule has 6 heteroatoms. The van der Waals surface area contributed by atoms with Gasteiger partial charge in [0.05, 0.1) is 11.4 Å². The number of hydrogen-bond donors (Lipinski definition) is 1. The lowest BCUT2D eigenvalue weighted by molar-refractivity contribution is 0.556. The molecule has 5 rings (SSSR count). The summed E-state index contributed by atoms with van der Waals surface area (Å²) in [5.74, 6) is 1.79. The second-order valence-corrected chi connectivity index (χ2v) is 7.21. The van der Waals surface area contributed by atoms with Crippen LogP contribution in [0.5, 0.6) is 0 Å². The predicted octanol–water partition coefficient (Wildman–Crippen LogP) is 2.21. The van der Waals surface area contributed by atoms with E-state index in [1.54, 1.807) is 0 Å². The van der Waals surface area contributed by atoms with E-state index in [2.05, 4.69) is 33.4 Å². The standard InChI is InChI=1S/C19H22N6/c1-12-9-14(5-7-20-12)19-13(2)22-17-3-4-18(23-25(17)19)24-10-15-6-8-21-16(15)11-24/h3-5,7,9,15-16,21H,6,8,10-11H2,1-2H3/t15-,16-/m0/s1. The molecule has 0 spiro atoms. The van der Waals surface area contributed by atoms with Crippen molar-refractivity contribution in [3.8, 4) is 11.3 Å². The van der Waals surface area contributed by atoms with Crippen molar-refractivity contribution in [1.82, 2.24) is 24.9 Å². The first kappa shape index (κ1) is 14.8. The molecule has 2 aliphatic rings. The van der Waals surface area contributed by atoms with Crippen LogP contribution in [0.25, 0.3) is 16.9 Å². The second kappa shape index (κ2) is 5.52. The number of rotatable bonds is 2. The van der Waals surface area contributed by atoms with Crippen molar-refractivity contribution in [3.05, 3.63) is 41.9 Å². The summed E-state index contributed by atoms with van der Waals surface area (Å²) >= 11 is 0. The Bertz CT molecular complexity index is 934. The fourth-order valence-electron chi connectivity index (χ4n) is 4.26. The molecule has 3 aromatic heterocycles. The van der Waals surface area contributed by atoms with Crippen molar-refractivity contribution >= 4 is 11.5 Å². The molecule has 0 unspecified atom stereocenters. The van der Waals surface area contributed by atoms with Crippen molar-refractivity contribution in [1.29, 1.82) is 0 Å². The van der Waals surface area contributed by atoms with Crippen LogP contribution in [0.4, 0.5) is 5.82 Å². The molecule has 2 atom stereocenters. The minimum absolute atomic E-state index is 0.615. The molecule has 6 nitrogen and oxygen atoms in total. The van der Waals surface area contributed by atoms with Crippen LogP contribution in [0.15, 0.2) is 30.5 Å². The van der Waals surface area contributed by atoms with Gasteiger partial charge in [-0.05, 0) is 57.0 Å². The average molecular weight is 334 g/mol. The van der Waals surface area contributed by atoms with Crippen molar-refractivity contribution in [2.45, 2.75) is 26.3 Å². The fraction of sp³-hybridized carbons (Fsp3) is 0.421. The summed E-state index contributed by atoms with van der Waals surface area (Å²) < 4.78 is 1.99. The lowest BCUT2D eigenvalue weighted by Crippen LogP contribution is -2.30. The van der Waals surface area contributed by atoms with Gasteiger partial charge in [-0.1, -0.05) is 0 Å². The normalized spacial score (nSPS) is 22.7. The summed E-state index contributed by atoms with van der Waals surface area (Å²) in [5.41, 5.74) is 5.06. The van der Waals surface area contributed by atoms with Gasteiger partial charge >= 0.3 is 0 Å². The Morgan fingerprint density at radius 2 is 2.08 bits per heavy atom. The smallest absolute Gasteiger partial charge is 0.154 e. The monoisotopic (exact) mass is 334 g/mol. The topological polar surface area (TPSA) is 58.4 Å². The highest BCUT2D eigenvalue weighted by Gasteiger charge is 2.36. The molecule has 25 heavy (non-hydrogen) atoms. The molecule has 2 saturated heterocycles. The Hall–Kier alpha value is -2.47. The first-order chi connectivity index (χ1) is 12.2. The molecule has 1 N–H and O–H groups in total. The van der Waals surface area contributed by atoms with E-state index in [9.17, 15) is 0 Å². The van der Waals surface area contributed by atoms with Gasteiger partial charge in [0, 0.05) is 36.6 Å². The average Bonchev–Trinajstić information content (AvgIpc) is 3.25. The number of nitrogens with zero attached hydrogens (tertiary/aromatic N) is 5. The number of imidazole rings is 1. The maximum absolute atomic E-state index is 4.94. The van der Waals surface area contributed by atoms with E-state index in [0.717, 1.165) is 59.7 Å². The van der Waals surface area contributed by atoms with Gasteiger partial charge in [0.25, 0.3) is 0 Å². The highest BCUT2D eigenvalue weighted by molar-refractivity contribution is 5.67. The molecule has 0 aromatic carbocycles. The number of aryl methyl sites for hydroxylation is 2. The molecule has 0 aliphatic carbocycles. The van der Waals surface area contributed by atoms with Gasteiger partial charge in [-0.2, -0.15) is 0 Å². The molecular formula is C19H22N6. The van der Waals surface area contributed by atoms with Crippen LogP contribution in [0.3, 0.4) is 0 Å². The van der Waals surface area contributed by atoms with Crippen LogP contribution >= 0.6 is 0 Å². The maximum Gasteiger partial charge on any atom is 0.154 e. The summed E-state index contributed by atoms with van der Waals surface area (Å²) in [5, 5.41) is 8.55. The van der Waals surface area contributed by atoms with E-state index in [0.29, 0.717) is 6.04 Å². The fourth-order valence-corrected chi connectivity index (χ4v) is 4.26. The summed E-state index contributed by atoms with van der Waals surface area (Å²) in [4.78, 5) is 11.4.